The molecule has 0 unspecified atom stereocenters. The second kappa shape index (κ2) is 6.24. The summed E-state index contributed by atoms with van der Waals surface area (Å²) in [4.78, 5) is 14.4. The maximum atomic E-state index is 12.1. The van der Waals surface area contributed by atoms with Crippen LogP contribution in [0.25, 0.3) is 0 Å². The van der Waals surface area contributed by atoms with E-state index in [1.54, 1.807) is 0 Å². The lowest BCUT2D eigenvalue weighted by atomic mass is 9.91. The molecule has 1 amide bonds. The van der Waals surface area contributed by atoms with Crippen molar-refractivity contribution in [2.24, 2.45) is 5.41 Å². The summed E-state index contributed by atoms with van der Waals surface area (Å²) in [5.74, 6) is 0.240. The minimum absolute atomic E-state index is 0.0355. The molecule has 2 rings (SSSR count). The Morgan fingerprint density at radius 3 is 2.33 bits per heavy atom. The molecule has 122 valence electrons. The van der Waals surface area contributed by atoms with Crippen LogP contribution in [0.1, 0.15) is 46.5 Å². The number of likely N-dealkylation sites (tertiary alicyclic amines) is 1. The van der Waals surface area contributed by atoms with Gasteiger partial charge in [0, 0.05) is 12.5 Å². The molecule has 0 bridgehead atoms. The van der Waals surface area contributed by atoms with E-state index in [1.165, 1.54) is 6.42 Å². The molecular formula is C15H28N2O3S. The Bertz CT molecular complexity index is 476. The van der Waals surface area contributed by atoms with Crippen LogP contribution in [-0.4, -0.2) is 55.9 Å². The molecule has 0 aliphatic carbocycles. The minimum Gasteiger partial charge on any atom is -0.351 e. The molecule has 0 radical (unpaired) electrons. The number of nitrogens with one attached hydrogen (secondary N) is 1. The van der Waals surface area contributed by atoms with Crippen LogP contribution in [0.2, 0.25) is 0 Å². The smallest absolute Gasteiger partial charge is 0.220 e. The number of piperidine rings is 1. The zero-order valence-corrected chi connectivity index (χ0v) is 14.2. The van der Waals surface area contributed by atoms with E-state index in [0.29, 0.717) is 6.42 Å². The van der Waals surface area contributed by atoms with E-state index in [-0.39, 0.29) is 34.9 Å². The van der Waals surface area contributed by atoms with Crippen molar-refractivity contribution in [3.8, 4) is 0 Å². The third-order valence-corrected chi connectivity index (χ3v) is 5.94. The maximum Gasteiger partial charge on any atom is 0.220 e. The molecule has 0 aromatic carbocycles. The van der Waals surface area contributed by atoms with E-state index >= 15 is 0 Å². The summed E-state index contributed by atoms with van der Waals surface area (Å²) in [6.07, 6.45) is 3.89. The predicted molar refractivity (Wildman–Crippen MR) is 83.9 cm³/mol. The van der Waals surface area contributed by atoms with Gasteiger partial charge in [0.2, 0.25) is 5.91 Å². The summed E-state index contributed by atoms with van der Waals surface area (Å²) in [7, 11) is -3.04. The molecule has 6 heteroatoms. The molecule has 0 spiro atoms. The van der Waals surface area contributed by atoms with Gasteiger partial charge in [-0.05, 0) is 31.3 Å². The van der Waals surface area contributed by atoms with Gasteiger partial charge in [0.25, 0.3) is 0 Å². The van der Waals surface area contributed by atoms with Crippen molar-refractivity contribution in [2.75, 3.05) is 24.6 Å². The quantitative estimate of drug-likeness (QED) is 0.849. The minimum atomic E-state index is -3.04. The number of sulfone groups is 1. The van der Waals surface area contributed by atoms with Crippen LogP contribution in [0.5, 0.6) is 0 Å². The van der Waals surface area contributed by atoms with Gasteiger partial charge in [-0.25, -0.2) is 8.42 Å². The van der Waals surface area contributed by atoms with Crippen LogP contribution in [0.3, 0.4) is 0 Å². The lowest BCUT2D eigenvalue weighted by Crippen LogP contribution is -2.52. The molecular weight excluding hydrogens is 288 g/mol. The second-order valence-electron chi connectivity index (χ2n) is 7.65. The van der Waals surface area contributed by atoms with Crippen molar-refractivity contribution in [2.45, 2.75) is 58.5 Å². The van der Waals surface area contributed by atoms with E-state index in [2.05, 4.69) is 10.2 Å². The third-order valence-electron chi connectivity index (χ3n) is 4.22. The summed E-state index contributed by atoms with van der Waals surface area (Å²) in [6, 6.07) is -0.290. The Morgan fingerprint density at radius 2 is 1.76 bits per heavy atom. The summed E-state index contributed by atoms with van der Waals surface area (Å²) in [5.41, 5.74) is -0.0812. The SMILES string of the molecule is CC(C)(C)CC(=O)N[C@H]1CS(=O)(=O)C[C@@H]1N1CCCCC1. The number of carbonyl (C=O) groups is 1. The Morgan fingerprint density at radius 1 is 1.14 bits per heavy atom. The first-order valence-corrected chi connectivity index (χ1v) is 9.72. The number of hydrogen-bond donors (Lipinski definition) is 1. The summed E-state index contributed by atoms with van der Waals surface area (Å²) in [5, 5.41) is 2.98. The van der Waals surface area contributed by atoms with E-state index in [4.69, 9.17) is 0 Å². The van der Waals surface area contributed by atoms with Gasteiger partial charge in [-0.2, -0.15) is 0 Å². The molecule has 0 aromatic rings. The molecule has 2 aliphatic heterocycles. The highest BCUT2D eigenvalue weighted by Crippen LogP contribution is 2.23. The molecule has 2 saturated heterocycles. The molecule has 0 saturated carbocycles. The predicted octanol–water partition coefficient (Wildman–Crippen LogP) is 1.19. The Hall–Kier alpha value is -0.620. The van der Waals surface area contributed by atoms with Gasteiger partial charge in [-0.15, -0.1) is 0 Å². The normalized spacial score (nSPS) is 30.2. The topological polar surface area (TPSA) is 66.5 Å². The number of amides is 1. The Labute approximate surface area is 128 Å². The highest BCUT2D eigenvalue weighted by atomic mass is 32.2. The van der Waals surface area contributed by atoms with Crippen molar-refractivity contribution >= 4 is 15.7 Å². The first kappa shape index (κ1) is 16.7. The number of rotatable bonds is 3. The van der Waals surface area contributed by atoms with Gasteiger partial charge in [0.1, 0.15) is 0 Å². The summed E-state index contributed by atoms with van der Waals surface area (Å²) >= 11 is 0. The monoisotopic (exact) mass is 316 g/mol. The van der Waals surface area contributed by atoms with Crippen LogP contribution < -0.4 is 5.32 Å². The fourth-order valence-electron chi connectivity index (χ4n) is 3.32. The van der Waals surface area contributed by atoms with Crippen molar-refractivity contribution in [3.63, 3.8) is 0 Å². The molecule has 21 heavy (non-hydrogen) atoms. The zero-order valence-electron chi connectivity index (χ0n) is 13.4. The largest absolute Gasteiger partial charge is 0.351 e. The van der Waals surface area contributed by atoms with Crippen molar-refractivity contribution in [1.29, 1.82) is 0 Å². The van der Waals surface area contributed by atoms with Crippen molar-refractivity contribution < 1.29 is 13.2 Å². The Kier molecular flexibility index (Phi) is 4.98. The Balaban J connectivity index is 2.02. The van der Waals surface area contributed by atoms with Crippen LogP contribution in [0.15, 0.2) is 0 Å². The maximum absolute atomic E-state index is 12.1. The lowest BCUT2D eigenvalue weighted by Gasteiger charge is -2.35. The fourth-order valence-corrected chi connectivity index (χ4v) is 5.27. The van der Waals surface area contributed by atoms with Crippen LogP contribution >= 0.6 is 0 Å². The average molecular weight is 316 g/mol. The highest BCUT2D eigenvalue weighted by Gasteiger charge is 2.42. The number of carbonyl (C=O) groups excluding carboxylic acids is 1. The summed E-state index contributed by atoms with van der Waals surface area (Å²) in [6.45, 7) is 7.94. The standard InChI is InChI=1S/C15H28N2O3S/c1-15(2,3)9-14(18)16-12-10-21(19,20)11-13(12)17-7-5-4-6-8-17/h12-13H,4-11H2,1-3H3,(H,16,18)/t12-,13-/m0/s1. The molecule has 2 atom stereocenters. The highest BCUT2D eigenvalue weighted by molar-refractivity contribution is 7.91. The number of nitrogens with zero attached hydrogens (tertiary/aromatic N) is 1. The molecule has 0 aromatic heterocycles. The van der Waals surface area contributed by atoms with Gasteiger partial charge in [-0.1, -0.05) is 27.2 Å². The van der Waals surface area contributed by atoms with Crippen LogP contribution in [0, 0.1) is 5.41 Å². The second-order valence-corrected chi connectivity index (χ2v) is 9.81. The van der Waals surface area contributed by atoms with Crippen LogP contribution in [-0.2, 0) is 14.6 Å². The summed E-state index contributed by atoms with van der Waals surface area (Å²) < 4.78 is 24.0. The molecule has 2 aliphatic rings. The fraction of sp³-hybridized carbons (Fsp3) is 0.933. The van der Waals surface area contributed by atoms with Gasteiger partial charge >= 0.3 is 0 Å². The first-order valence-electron chi connectivity index (χ1n) is 7.90. The molecule has 1 N–H and O–H groups in total. The van der Waals surface area contributed by atoms with E-state index < -0.39 is 9.84 Å². The van der Waals surface area contributed by atoms with Crippen molar-refractivity contribution in [3.05, 3.63) is 0 Å². The van der Waals surface area contributed by atoms with Gasteiger partial charge in [0.15, 0.2) is 9.84 Å². The van der Waals surface area contributed by atoms with Gasteiger partial charge in [0.05, 0.1) is 17.5 Å². The van der Waals surface area contributed by atoms with Gasteiger partial charge < -0.3 is 5.32 Å². The van der Waals surface area contributed by atoms with E-state index in [0.717, 1.165) is 25.9 Å². The molecule has 2 fully saturated rings. The lowest BCUT2D eigenvalue weighted by molar-refractivity contribution is -0.123. The van der Waals surface area contributed by atoms with Gasteiger partial charge in [-0.3, -0.25) is 9.69 Å². The zero-order chi connectivity index (χ0) is 15.7. The first-order chi connectivity index (χ1) is 9.66. The number of hydrogen-bond acceptors (Lipinski definition) is 4. The molecule has 2 heterocycles. The van der Waals surface area contributed by atoms with E-state index in [1.807, 2.05) is 20.8 Å². The average Bonchev–Trinajstić information content (AvgIpc) is 2.63. The van der Waals surface area contributed by atoms with Crippen molar-refractivity contribution in [1.82, 2.24) is 10.2 Å². The molecule has 5 nitrogen and oxygen atoms in total. The van der Waals surface area contributed by atoms with Crippen LogP contribution in [0.4, 0.5) is 0 Å². The van der Waals surface area contributed by atoms with E-state index in [9.17, 15) is 13.2 Å². The third kappa shape index (κ3) is 4.95.